The lowest BCUT2D eigenvalue weighted by Crippen LogP contribution is -2.47. The smallest absolute Gasteiger partial charge is 0.226 e. The predicted molar refractivity (Wildman–Crippen MR) is 89.3 cm³/mol. The third-order valence-electron chi connectivity index (χ3n) is 5.18. The van der Waals surface area contributed by atoms with Crippen LogP contribution in [0.1, 0.15) is 44.1 Å². The van der Waals surface area contributed by atoms with Gasteiger partial charge in [-0.1, -0.05) is 12.1 Å². The summed E-state index contributed by atoms with van der Waals surface area (Å²) in [4.78, 5) is 15.0. The summed E-state index contributed by atoms with van der Waals surface area (Å²) in [6.07, 6.45) is 7.19. The van der Waals surface area contributed by atoms with E-state index in [0.717, 1.165) is 58.3 Å². The number of aromatic hydroxyl groups is 1. The van der Waals surface area contributed by atoms with Gasteiger partial charge in [0.25, 0.3) is 0 Å². The fourth-order valence-electron chi connectivity index (χ4n) is 3.77. The molecule has 2 aliphatic heterocycles. The van der Waals surface area contributed by atoms with E-state index < -0.39 is 0 Å². The van der Waals surface area contributed by atoms with Gasteiger partial charge in [0.05, 0.1) is 0 Å². The van der Waals surface area contributed by atoms with Crippen molar-refractivity contribution in [2.24, 2.45) is 5.92 Å². The molecule has 0 saturated carbocycles. The van der Waals surface area contributed by atoms with Crippen LogP contribution in [0.2, 0.25) is 0 Å². The Labute approximate surface area is 138 Å². The largest absolute Gasteiger partial charge is 0.508 e. The van der Waals surface area contributed by atoms with Crippen LogP contribution in [0.5, 0.6) is 5.75 Å². The highest BCUT2D eigenvalue weighted by molar-refractivity contribution is 5.79. The van der Waals surface area contributed by atoms with Gasteiger partial charge in [0.2, 0.25) is 5.91 Å². The van der Waals surface area contributed by atoms with Crippen LogP contribution >= 0.6 is 0 Å². The Morgan fingerprint density at radius 2 is 1.87 bits per heavy atom. The Bertz CT molecular complexity index is 508. The van der Waals surface area contributed by atoms with E-state index in [1.165, 1.54) is 12.0 Å². The molecular weight excluding hydrogens is 290 g/mol. The van der Waals surface area contributed by atoms with Crippen LogP contribution in [0.25, 0.3) is 0 Å². The summed E-state index contributed by atoms with van der Waals surface area (Å²) < 4.78 is 5.39. The SMILES string of the molecule is O=C(C1CCOCC1)N1CCCC[C@@H]1CCc1ccc(O)cc1. The third kappa shape index (κ3) is 4.25. The highest BCUT2D eigenvalue weighted by Gasteiger charge is 2.32. The van der Waals surface area contributed by atoms with Crippen molar-refractivity contribution in [1.29, 1.82) is 0 Å². The first-order valence-corrected chi connectivity index (χ1v) is 8.90. The molecule has 1 atom stereocenters. The predicted octanol–water partition coefficient (Wildman–Crippen LogP) is 3.13. The van der Waals surface area contributed by atoms with Crippen LogP contribution in [0.3, 0.4) is 0 Å². The second-order valence-corrected chi connectivity index (χ2v) is 6.77. The number of nitrogens with zero attached hydrogens (tertiary/aromatic N) is 1. The maximum Gasteiger partial charge on any atom is 0.226 e. The molecule has 1 amide bonds. The van der Waals surface area contributed by atoms with E-state index >= 15 is 0 Å². The minimum absolute atomic E-state index is 0.165. The molecule has 1 aromatic carbocycles. The highest BCUT2D eigenvalue weighted by Crippen LogP contribution is 2.26. The molecule has 0 aromatic heterocycles. The lowest BCUT2D eigenvalue weighted by atomic mass is 9.92. The van der Waals surface area contributed by atoms with Crippen molar-refractivity contribution in [3.05, 3.63) is 29.8 Å². The summed E-state index contributed by atoms with van der Waals surface area (Å²) in [6, 6.07) is 7.79. The van der Waals surface area contributed by atoms with Gasteiger partial charge in [0, 0.05) is 31.7 Å². The van der Waals surface area contributed by atoms with Gasteiger partial charge in [-0.2, -0.15) is 0 Å². The standard InChI is InChI=1S/C19H27NO3/c21-18-8-5-15(6-9-18)4-7-17-3-1-2-12-20(17)19(22)16-10-13-23-14-11-16/h5-6,8-9,16-17,21H,1-4,7,10-14H2/t17-/m1/s1. The molecule has 0 unspecified atom stereocenters. The molecule has 3 rings (SSSR count). The molecule has 1 aromatic rings. The van der Waals surface area contributed by atoms with Gasteiger partial charge in [-0.15, -0.1) is 0 Å². The van der Waals surface area contributed by atoms with E-state index in [4.69, 9.17) is 4.74 Å². The number of piperidine rings is 1. The Balaban J connectivity index is 1.59. The average Bonchev–Trinajstić information content (AvgIpc) is 2.62. The van der Waals surface area contributed by atoms with E-state index in [-0.39, 0.29) is 5.92 Å². The number of aryl methyl sites for hydroxylation is 1. The zero-order valence-corrected chi connectivity index (χ0v) is 13.7. The van der Waals surface area contributed by atoms with Crippen LogP contribution < -0.4 is 0 Å². The number of benzene rings is 1. The summed E-state index contributed by atoms with van der Waals surface area (Å²) in [7, 11) is 0. The number of rotatable bonds is 4. The number of phenols is 1. The molecule has 0 bridgehead atoms. The van der Waals surface area contributed by atoms with Crippen LogP contribution in [0.15, 0.2) is 24.3 Å². The normalized spacial score (nSPS) is 23.0. The summed E-state index contributed by atoms with van der Waals surface area (Å²) in [6.45, 7) is 2.36. The zero-order chi connectivity index (χ0) is 16.1. The first-order chi connectivity index (χ1) is 11.2. The third-order valence-corrected chi connectivity index (χ3v) is 5.18. The molecule has 23 heavy (non-hydrogen) atoms. The molecule has 4 heteroatoms. The number of hydrogen-bond acceptors (Lipinski definition) is 3. The first-order valence-electron chi connectivity index (χ1n) is 8.90. The van der Waals surface area contributed by atoms with Gasteiger partial charge < -0.3 is 14.7 Å². The van der Waals surface area contributed by atoms with E-state index in [1.54, 1.807) is 12.1 Å². The topological polar surface area (TPSA) is 49.8 Å². The fourth-order valence-corrected chi connectivity index (χ4v) is 3.77. The molecule has 2 saturated heterocycles. The highest BCUT2D eigenvalue weighted by atomic mass is 16.5. The number of likely N-dealkylation sites (tertiary alicyclic amines) is 1. The minimum Gasteiger partial charge on any atom is -0.508 e. The molecule has 126 valence electrons. The molecule has 2 fully saturated rings. The van der Waals surface area contributed by atoms with Crippen LogP contribution in [-0.2, 0) is 16.0 Å². The van der Waals surface area contributed by atoms with E-state index in [9.17, 15) is 9.90 Å². The lowest BCUT2D eigenvalue weighted by molar-refractivity contribution is -0.142. The van der Waals surface area contributed by atoms with Crippen molar-refractivity contribution in [3.63, 3.8) is 0 Å². The number of phenolic OH excluding ortho intramolecular Hbond substituents is 1. The van der Waals surface area contributed by atoms with Gasteiger partial charge in [-0.25, -0.2) is 0 Å². The average molecular weight is 317 g/mol. The summed E-state index contributed by atoms with van der Waals surface area (Å²) in [5.74, 6) is 0.824. The van der Waals surface area contributed by atoms with Crippen molar-refractivity contribution in [2.45, 2.75) is 51.0 Å². The van der Waals surface area contributed by atoms with Gasteiger partial charge in [-0.05, 0) is 62.6 Å². The van der Waals surface area contributed by atoms with Crippen molar-refractivity contribution < 1.29 is 14.6 Å². The number of carbonyl (C=O) groups is 1. The molecule has 2 heterocycles. The van der Waals surface area contributed by atoms with Crippen molar-refractivity contribution in [2.75, 3.05) is 19.8 Å². The van der Waals surface area contributed by atoms with Crippen LogP contribution in [0.4, 0.5) is 0 Å². The number of hydrogen-bond donors (Lipinski definition) is 1. The van der Waals surface area contributed by atoms with Gasteiger partial charge in [0.15, 0.2) is 0 Å². The molecule has 0 radical (unpaired) electrons. The first kappa shape index (κ1) is 16.3. The lowest BCUT2D eigenvalue weighted by Gasteiger charge is -2.38. The monoisotopic (exact) mass is 317 g/mol. The summed E-state index contributed by atoms with van der Waals surface area (Å²) in [5, 5.41) is 9.37. The maximum atomic E-state index is 12.9. The van der Waals surface area contributed by atoms with Crippen LogP contribution in [-0.4, -0.2) is 41.7 Å². The molecule has 4 nitrogen and oxygen atoms in total. The molecule has 1 N–H and O–H groups in total. The van der Waals surface area contributed by atoms with E-state index in [2.05, 4.69) is 4.90 Å². The Hall–Kier alpha value is -1.55. The van der Waals surface area contributed by atoms with E-state index in [1.807, 2.05) is 12.1 Å². The Morgan fingerprint density at radius 3 is 2.61 bits per heavy atom. The van der Waals surface area contributed by atoms with Gasteiger partial charge >= 0.3 is 0 Å². The number of ether oxygens (including phenoxy) is 1. The summed E-state index contributed by atoms with van der Waals surface area (Å²) in [5.41, 5.74) is 1.23. The minimum atomic E-state index is 0.165. The van der Waals surface area contributed by atoms with Crippen molar-refractivity contribution in [3.8, 4) is 5.75 Å². The molecule has 2 aliphatic rings. The fraction of sp³-hybridized carbons (Fsp3) is 0.632. The quantitative estimate of drug-likeness (QED) is 0.928. The molecule has 0 aliphatic carbocycles. The van der Waals surface area contributed by atoms with Gasteiger partial charge in [0.1, 0.15) is 5.75 Å². The van der Waals surface area contributed by atoms with Gasteiger partial charge in [-0.3, -0.25) is 4.79 Å². The second kappa shape index (κ2) is 7.82. The van der Waals surface area contributed by atoms with Crippen molar-refractivity contribution >= 4 is 5.91 Å². The Morgan fingerprint density at radius 1 is 1.13 bits per heavy atom. The second-order valence-electron chi connectivity index (χ2n) is 6.77. The molecular formula is C19H27NO3. The van der Waals surface area contributed by atoms with E-state index in [0.29, 0.717) is 17.7 Å². The zero-order valence-electron chi connectivity index (χ0n) is 13.7. The Kier molecular flexibility index (Phi) is 5.55. The van der Waals surface area contributed by atoms with Crippen molar-refractivity contribution in [1.82, 2.24) is 4.90 Å². The number of amides is 1. The summed E-state index contributed by atoms with van der Waals surface area (Å²) >= 11 is 0. The van der Waals surface area contributed by atoms with Crippen LogP contribution in [0, 0.1) is 5.92 Å². The molecule has 0 spiro atoms. The number of carbonyl (C=O) groups excluding carboxylic acids is 1. The maximum absolute atomic E-state index is 12.9.